The van der Waals surface area contributed by atoms with Crippen LogP contribution in [0.3, 0.4) is 0 Å². The lowest BCUT2D eigenvalue weighted by Crippen LogP contribution is -2.15. The SMILES string of the molecule is Cc1cncc(C(N)C2=CCCCC2)c1. The van der Waals surface area contributed by atoms with Crippen LogP contribution in [0.2, 0.25) is 0 Å². The molecule has 0 fully saturated rings. The van der Waals surface area contributed by atoms with Crippen molar-refractivity contribution in [2.75, 3.05) is 0 Å². The molecular formula is C13H18N2. The van der Waals surface area contributed by atoms with Crippen LogP contribution in [0.4, 0.5) is 0 Å². The number of nitrogens with two attached hydrogens (primary N) is 1. The molecule has 2 nitrogen and oxygen atoms in total. The first kappa shape index (κ1) is 10.4. The number of allylic oxidation sites excluding steroid dienone is 1. The van der Waals surface area contributed by atoms with Crippen molar-refractivity contribution in [1.82, 2.24) is 4.98 Å². The van der Waals surface area contributed by atoms with Gasteiger partial charge in [0.25, 0.3) is 0 Å². The molecule has 1 aliphatic carbocycles. The van der Waals surface area contributed by atoms with Gasteiger partial charge in [-0.25, -0.2) is 0 Å². The third-order valence-electron chi connectivity index (χ3n) is 2.98. The topological polar surface area (TPSA) is 38.9 Å². The molecule has 1 heterocycles. The van der Waals surface area contributed by atoms with E-state index in [1.54, 1.807) is 0 Å². The predicted molar refractivity (Wildman–Crippen MR) is 62.5 cm³/mol. The van der Waals surface area contributed by atoms with Crippen LogP contribution in [-0.2, 0) is 0 Å². The Morgan fingerprint density at radius 3 is 2.87 bits per heavy atom. The summed E-state index contributed by atoms with van der Waals surface area (Å²) in [6.07, 6.45) is 11.0. The summed E-state index contributed by atoms with van der Waals surface area (Å²) in [4.78, 5) is 4.19. The van der Waals surface area contributed by atoms with E-state index in [9.17, 15) is 0 Å². The lowest BCUT2D eigenvalue weighted by molar-refractivity contribution is 0.647. The minimum atomic E-state index is 0.0534. The first-order chi connectivity index (χ1) is 7.27. The quantitative estimate of drug-likeness (QED) is 0.749. The molecule has 0 spiro atoms. The summed E-state index contributed by atoms with van der Waals surface area (Å²) in [7, 11) is 0. The lowest BCUT2D eigenvalue weighted by atomic mass is 9.91. The van der Waals surface area contributed by atoms with Crippen LogP contribution < -0.4 is 5.73 Å². The van der Waals surface area contributed by atoms with Crippen molar-refractivity contribution < 1.29 is 0 Å². The summed E-state index contributed by atoms with van der Waals surface area (Å²) in [6, 6.07) is 2.19. The molecular weight excluding hydrogens is 184 g/mol. The zero-order valence-electron chi connectivity index (χ0n) is 9.24. The van der Waals surface area contributed by atoms with E-state index < -0.39 is 0 Å². The molecule has 0 amide bonds. The Morgan fingerprint density at radius 2 is 2.20 bits per heavy atom. The van der Waals surface area contributed by atoms with Gasteiger partial charge in [0.1, 0.15) is 0 Å². The van der Waals surface area contributed by atoms with Crippen LogP contribution in [-0.4, -0.2) is 4.98 Å². The maximum Gasteiger partial charge on any atom is 0.0526 e. The number of rotatable bonds is 2. The van der Waals surface area contributed by atoms with E-state index in [4.69, 9.17) is 5.73 Å². The molecule has 0 aliphatic heterocycles. The van der Waals surface area contributed by atoms with Gasteiger partial charge in [0.15, 0.2) is 0 Å². The number of hydrogen-bond donors (Lipinski definition) is 1. The Bertz CT molecular complexity index is 369. The number of aromatic nitrogens is 1. The number of hydrogen-bond acceptors (Lipinski definition) is 2. The molecule has 2 heteroatoms. The van der Waals surface area contributed by atoms with E-state index >= 15 is 0 Å². The number of aryl methyl sites for hydroxylation is 1. The zero-order chi connectivity index (χ0) is 10.7. The van der Waals surface area contributed by atoms with Gasteiger partial charge in [0.2, 0.25) is 0 Å². The zero-order valence-corrected chi connectivity index (χ0v) is 9.24. The Labute approximate surface area is 91.2 Å². The lowest BCUT2D eigenvalue weighted by Gasteiger charge is -2.19. The number of nitrogens with zero attached hydrogens (tertiary/aromatic N) is 1. The van der Waals surface area contributed by atoms with Crippen LogP contribution in [0.25, 0.3) is 0 Å². The average Bonchev–Trinajstić information content (AvgIpc) is 2.29. The van der Waals surface area contributed by atoms with Crippen molar-refractivity contribution in [3.63, 3.8) is 0 Å². The minimum absolute atomic E-state index is 0.0534. The van der Waals surface area contributed by atoms with Crippen molar-refractivity contribution in [2.24, 2.45) is 5.73 Å². The Morgan fingerprint density at radius 1 is 1.33 bits per heavy atom. The maximum atomic E-state index is 6.23. The van der Waals surface area contributed by atoms with Gasteiger partial charge in [-0.1, -0.05) is 17.7 Å². The highest BCUT2D eigenvalue weighted by atomic mass is 14.7. The molecule has 80 valence electrons. The summed E-state index contributed by atoms with van der Waals surface area (Å²) in [6.45, 7) is 2.05. The van der Waals surface area contributed by atoms with Crippen LogP contribution in [0.15, 0.2) is 30.1 Å². The highest BCUT2D eigenvalue weighted by Crippen LogP contribution is 2.27. The summed E-state index contributed by atoms with van der Waals surface area (Å²) in [5.41, 5.74) is 9.94. The molecule has 0 radical (unpaired) electrons. The van der Waals surface area contributed by atoms with Crippen LogP contribution in [0.5, 0.6) is 0 Å². The van der Waals surface area contributed by atoms with E-state index in [1.807, 2.05) is 12.4 Å². The fourth-order valence-electron chi connectivity index (χ4n) is 2.11. The van der Waals surface area contributed by atoms with Crippen molar-refractivity contribution >= 4 is 0 Å². The van der Waals surface area contributed by atoms with Crippen molar-refractivity contribution in [2.45, 2.75) is 38.6 Å². The fourth-order valence-corrected chi connectivity index (χ4v) is 2.11. The highest BCUT2D eigenvalue weighted by Gasteiger charge is 2.14. The van der Waals surface area contributed by atoms with Crippen molar-refractivity contribution in [3.05, 3.63) is 41.2 Å². The fraction of sp³-hybridized carbons (Fsp3) is 0.462. The molecule has 1 atom stereocenters. The molecule has 0 saturated heterocycles. The first-order valence-electron chi connectivity index (χ1n) is 5.63. The number of pyridine rings is 1. The van der Waals surface area contributed by atoms with Gasteiger partial charge >= 0.3 is 0 Å². The maximum absolute atomic E-state index is 6.23. The van der Waals surface area contributed by atoms with E-state index in [0.717, 1.165) is 12.0 Å². The van der Waals surface area contributed by atoms with Gasteiger partial charge in [-0.2, -0.15) is 0 Å². The second-order valence-corrected chi connectivity index (χ2v) is 4.30. The van der Waals surface area contributed by atoms with Gasteiger partial charge in [-0.05, 0) is 43.7 Å². The van der Waals surface area contributed by atoms with Crippen molar-refractivity contribution in [1.29, 1.82) is 0 Å². The Kier molecular flexibility index (Phi) is 3.17. The van der Waals surface area contributed by atoms with Gasteiger partial charge in [-0.3, -0.25) is 4.98 Å². The smallest absolute Gasteiger partial charge is 0.0526 e. The van der Waals surface area contributed by atoms with Gasteiger partial charge in [0.05, 0.1) is 6.04 Å². The second-order valence-electron chi connectivity index (χ2n) is 4.30. The molecule has 0 saturated carbocycles. The third kappa shape index (κ3) is 2.45. The molecule has 2 N–H and O–H groups in total. The van der Waals surface area contributed by atoms with Crippen LogP contribution in [0, 0.1) is 6.92 Å². The summed E-state index contributed by atoms with van der Waals surface area (Å²) < 4.78 is 0. The van der Waals surface area contributed by atoms with Gasteiger partial charge in [0, 0.05) is 12.4 Å². The summed E-state index contributed by atoms with van der Waals surface area (Å²) in [5, 5.41) is 0. The highest BCUT2D eigenvalue weighted by molar-refractivity contribution is 5.28. The molecule has 0 aromatic carbocycles. The van der Waals surface area contributed by atoms with Crippen LogP contribution >= 0.6 is 0 Å². The largest absolute Gasteiger partial charge is 0.320 e. The minimum Gasteiger partial charge on any atom is -0.320 e. The molecule has 1 aromatic rings. The van der Waals surface area contributed by atoms with E-state index in [0.29, 0.717) is 0 Å². The van der Waals surface area contributed by atoms with Crippen molar-refractivity contribution in [3.8, 4) is 0 Å². The van der Waals surface area contributed by atoms with Crippen LogP contribution in [0.1, 0.15) is 42.9 Å². The van der Waals surface area contributed by atoms with E-state index in [-0.39, 0.29) is 6.04 Å². The summed E-state index contributed by atoms with van der Waals surface area (Å²) >= 11 is 0. The molecule has 15 heavy (non-hydrogen) atoms. The van der Waals surface area contributed by atoms with Gasteiger partial charge < -0.3 is 5.73 Å². The predicted octanol–water partition coefficient (Wildman–Crippen LogP) is 2.89. The van der Waals surface area contributed by atoms with E-state index in [2.05, 4.69) is 24.1 Å². The molecule has 2 rings (SSSR count). The standard InChI is InChI=1S/C13H18N2/c1-10-7-12(9-15-8-10)13(14)11-5-3-2-4-6-11/h5,7-9,13H,2-4,6,14H2,1H3. The normalized spacial score (nSPS) is 18.4. The Hall–Kier alpha value is -1.15. The third-order valence-corrected chi connectivity index (χ3v) is 2.98. The molecule has 1 unspecified atom stereocenters. The molecule has 1 aromatic heterocycles. The summed E-state index contributed by atoms with van der Waals surface area (Å²) in [5.74, 6) is 0. The second kappa shape index (κ2) is 4.58. The first-order valence-corrected chi connectivity index (χ1v) is 5.63. The Balaban J connectivity index is 2.19. The average molecular weight is 202 g/mol. The molecule has 1 aliphatic rings. The monoisotopic (exact) mass is 202 g/mol. The molecule has 0 bridgehead atoms. The van der Waals surface area contributed by atoms with Gasteiger partial charge in [-0.15, -0.1) is 0 Å². The van der Waals surface area contributed by atoms with E-state index in [1.165, 1.54) is 30.4 Å².